The normalized spacial score (nSPS) is 11.4. The Bertz CT molecular complexity index is 328. The highest BCUT2D eigenvalue weighted by molar-refractivity contribution is 9.10. The number of nitrogen functional groups attached to an aromatic ring is 1. The van der Waals surface area contributed by atoms with E-state index in [2.05, 4.69) is 26.2 Å². The van der Waals surface area contributed by atoms with Gasteiger partial charge in [0.15, 0.2) is 0 Å². The summed E-state index contributed by atoms with van der Waals surface area (Å²) in [7, 11) is 0. The van der Waals surface area contributed by atoms with E-state index in [-0.39, 0.29) is 6.61 Å². The largest absolute Gasteiger partial charge is 0.396 e. The summed E-state index contributed by atoms with van der Waals surface area (Å²) in [5.74, 6) is 0.590. The van der Waals surface area contributed by atoms with E-state index in [1.54, 1.807) is 12.3 Å². The molecule has 4 nitrogen and oxygen atoms in total. The summed E-state index contributed by atoms with van der Waals surface area (Å²) in [6, 6.07) is 1.77. The monoisotopic (exact) mass is 259 g/mol. The molecule has 1 rings (SSSR count). The number of anilines is 2. The number of aliphatic hydroxyl groups excluding tert-OH is 1. The summed E-state index contributed by atoms with van der Waals surface area (Å²) in [5, 5.41) is 12.1. The molecule has 0 atom stereocenters. The molecule has 0 aliphatic heterocycles. The summed E-state index contributed by atoms with van der Waals surface area (Å²) < 4.78 is 0.836. The summed E-state index contributed by atoms with van der Waals surface area (Å²) in [6.07, 6.45) is 1.66. The van der Waals surface area contributed by atoms with E-state index in [1.165, 1.54) is 0 Å². The van der Waals surface area contributed by atoms with Gasteiger partial charge < -0.3 is 16.2 Å². The van der Waals surface area contributed by atoms with Crippen molar-refractivity contribution in [2.45, 2.75) is 19.4 Å². The molecule has 1 aromatic rings. The van der Waals surface area contributed by atoms with Gasteiger partial charge in [0.05, 0.1) is 17.8 Å². The lowest BCUT2D eigenvalue weighted by Crippen LogP contribution is -2.35. The first-order valence-electron chi connectivity index (χ1n) is 4.25. The first kappa shape index (κ1) is 11.3. The Morgan fingerprint density at radius 1 is 1.64 bits per heavy atom. The van der Waals surface area contributed by atoms with Crippen LogP contribution in [0.3, 0.4) is 0 Å². The van der Waals surface area contributed by atoms with Crippen LogP contribution in [-0.2, 0) is 0 Å². The molecule has 0 saturated carbocycles. The number of hydrogen-bond donors (Lipinski definition) is 3. The molecule has 0 aliphatic carbocycles. The van der Waals surface area contributed by atoms with Gasteiger partial charge in [0.25, 0.3) is 0 Å². The molecule has 0 radical (unpaired) electrons. The number of halogens is 1. The van der Waals surface area contributed by atoms with Crippen molar-refractivity contribution in [3.8, 4) is 0 Å². The van der Waals surface area contributed by atoms with Crippen molar-refractivity contribution in [2.75, 3.05) is 17.7 Å². The maximum absolute atomic E-state index is 9.06. The average molecular weight is 260 g/mol. The van der Waals surface area contributed by atoms with Crippen LogP contribution in [0.5, 0.6) is 0 Å². The Labute approximate surface area is 91.7 Å². The third-order valence-electron chi connectivity index (χ3n) is 1.74. The third-order valence-corrected chi connectivity index (χ3v) is 2.17. The van der Waals surface area contributed by atoms with E-state index in [4.69, 9.17) is 10.8 Å². The fraction of sp³-hybridized carbons (Fsp3) is 0.444. The van der Waals surface area contributed by atoms with Crippen LogP contribution in [0, 0.1) is 0 Å². The average Bonchev–Trinajstić information content (AvgIpc) is 2.10. The van der Waals surface area contributed by atoms with Gasteiger partial charge in [-0.25, -0.2) is 4.98 Å². The van der Waals surface area contributed by atoms with Crippen LogP contribution in [0.4, 0.5) is 11.5 Å². The zero-order chi connectivity index (χ0) is 10.8. The second kappa shape index (κ2) is 4.14. The molecule has 0 saturated heterocycles. The van der Waals surface area contributed by atoms with E-state index < -0.39 is 5.54 Å². The summed E-state index contributed by atoms with van der Waals surface area (Å²) in [6.45, 7) is 3.76. The second-order valence-corrected chi connectivity index (χ2v) is 4.67. The van der Waals surface area contributed by atoms with Crippen molar-refractivity contribution in [3.63, 3.8) is 0 Å². The molecule has 4 N–H and O–H groups in total. The van der Waals surface area contributed by atoms with E-state index in [0.717, 1.165) is 4.47 Å². The quantitative estimate of drug-likeness (QED) is 0.772. The van der Waals surface area contributed by atoms with Gasteiger partial charge in [0, 0.05) is 10.7 Å². The minimum Gasteiger partial charge on any atom is -0.396 e. The van der Waals surface area contributed by atoms with Gasteiger partial charge in [-0.15, -0.1) is 0 Å². The van der Waals surface area contributed by atoms with Gasteiger partial charge in [0.2, 0.25) is 0 Å². The van der Waals surface area contributed by atoms with Gasteiger partial charge in [0.1, 0.15) is 5.82 Å². The number of nitrogens with one attached hydrogen (secondary N) is 1. The van der Waals surface area contributed by atoms with E-state index in [0.29, 0.717) is 11.5 Å². The molecule has 14 heavy (non-hydrogen) atoms. The fourth-order valence-electron chi connectivity index (χ4n) is 0.919. The van der Waals surface area contributed by atoms with Crippen molar-refractivity contribution in [3.05, 3.63) is 16.7 Å². The molecular weight excluding hydrogens is 246 g/mol. The van der Waals surface area contributed by atoms with E-state index in [1.807, 2.05) is 13.8 Å². The van der Waals surface area contributed by atoms with Crippen molar-refractivity contribution < 1.29 is 5.11 Å². The summed E-state index contributed by atoms with van der Waals surface area (Å²) in [5.41, 5.74) is 5.88. The van der Waals surface area contributed by atoms with Crippen LogP contribution < -0.4 is 11.1 Å². The minimum absolute atomic E-state index is 0.0180. The lowest BCUT2D eigenvalue weighted by molar-refractivity contribution is 0.234. The van der Waals surface area contributed by atoms with Gasteiger partial charge >= 0.3 is 0 Å². The zero-order valence-corrected chi connectivity index (χ0v) is 9.80. The van der Waals surface area contributed by atoms with Gasteiger partial charge in [-0.1, -0.05) is 0 Å². The molecule has 0 aliphatic rings. The number of aromatic nitrogens is 1. The fourth-order valence-corrected chi connectivity index (χ4v) is 1.27. The van der Waals surface area contributed by atoms with Crippen LogP contribution in [0.25, 0.3) is 0 Å². The van der Waals surface area contributed by atoms with Crippen LogP contribution in [-0.4, -0.2) is 22.2 Å². The van der Waals surface area contributed by atoms with Crippen LogP contribution in [0.1, 0.15) is 13.8 Å². The van der Waals surface area contributed by atoms with Gasteiger partial charge in [-0.3, -0.25) is 0 Å². The molecule has 78 valence electrons. The Morgan fingerprint density at radius 3 is 2.79 bits per heavy atom. The predicted octanol–water partition coefficient (Wildman–Crippen LogP) is 1.61. The number of pyridine rings is 1. The number of nitrogens with two attached hydrogens (primary N) is 1. The number of rotatable bonds is 3. The van der Waals surface area contributed by atoms with Crippen molar-refractivity contribution >= 4 is 27.4 Å². The Morgan fingerprint density at radius 2 is 2.29 bits per heavy atom. The Balaban J connectivity index is 2.87. The SMILES string of the molecule is CC(C)(CO)Nc1ncc(Br)cc1N. The standard InChI is InChI=1S/C9H14BrN3O/c1-9(2,5-14)13-8-7(11)3-6(10)4-12-8/h3-4,14H,5,11H2,1-2H3,(H,12,13). The second-order valence-electron chi connectivity index (χ2n) is 3.76. The predicted molar refractivity (Wildman–Crippen MR) is 61.1 cm³/mol. The Hall–Kier alpha value is -0.810. The molecule has 0 bridgehead atoms. The Kier molecular flexibility index (Phi) is 3.34. The highest BCUT2D eigenvalue weighted by Gasteiger charge is 2.17. The lowest BCUT2D eigenvalue weighted by Gasteiger charge is -2.24. The maximum Gasteiger partial charge on any atom is 0.149 e. The first-order chi connectivity index (χ1) is 6.44. The topological polar surface area (TPSA) is 71.2 Å². The first-order valence-corrected chi connectivity index (χ1v) is 5.04. The third kappa shape index (κ3) is 2.85. The number of hydrogen-bond acceptors (Lipinski definition) is 4. The number of nitrogens with zero attached hydrogens (tertiary/aromatic N) is 1. The molecule has 0 spiro atoms. The van der Waals surface area contributed by atoms with Crippen LogP contribution in [0.2, 0.25) is 0 Å². The summed E-state index contributed by atoms with van der Waals surface area (Å²) in [4.78, 5) is 4.12. The highest BCUT2D eigenvalue weighted by atomic mass is 79.9. The van der Waals surface area contributed by atoms with E-state index >= 15 is 0 Å². The molecule has 0 aromatic carbocycles. The van der Waals surface area contributed by atoms with Crippen LogP contribution >= 0.6 is 15.9 Å². The lowest BCUT2D eigenvalue weighted by atomic mass is 10.1. The van der Waals surface area contributed by atoms with Gasteiger partial charge in [-0.2, -0.15) is 0 Å². The van der Waals surface area contributed by atoms with Crippen LogP contribution in [0.15, 0.2) is 16.7 Å². The molecule has 0 amide bonds. The molecule has 0 unspecified atom stereocenters. The van der Waals surface area contributed by atoms with Crippen molar-refractivity contribution in [1.82, 2.24) is 4.98 Å². The molecular formula is C9H14BrN3O. The number of aliphatic hydroxyl groups is 1. The van der Waals surface area contributed by atoms with E-state index in [9.17, 15) is 0 Å². The molecule has 1 heterocycles. The molecule has 0 fully saturated rings. The summed E-state index contributed by atoms with van der Waals surface area (Å²) >= 11 is 3.27. The maximum atomic E-state index is 9.06. The molecule has 5 heteroatoms. The van der Waals surface area contributed by atoms with Crippen molar-refractivity contribution in [2.24, 2.45) is 0 Å². The highest BCUT2D eigenvalue weighted by Crippen LogP contribution is 2.22. The van der Waals surface area contributed by atoms with Crippen molar-refractivity contribution in [1.29, 1.82) is 0 Å². The molecule has 1 aromatic heterocycles. The smallest absolute Gasteiger partial charge is 0.149 e. The van der Waals surface area contributed by atoms with Gasteiger partial charge in [-0.05, 0) is 35.8 Å². The zero-order valence-electron chi connectivity index (χ0n) is 8.21. The minimum atomic E-state index is -0.422.